The summed E-state index contributed by atoms with van der Waals surface area (Å²) in [6.45, 7) is 6.26. The molecule has 0 aliphatic rings. The largest absolute Gasteiger partial charge is 0.393 e. The van der Waals surface area contributed by atoms with Crippen molar-refractivity contribution in [1.29, 1.82) is 0 Å². The van der Waals surface area contributed by atoms with Crippen LogP contribution in [0.4, 0.5) is 5.82 Å². The van der Waals surface area contributed by atoms with Crippen molar-refractivity contribution in [3.63, 3.8) is 0 Å². The number of hydrogen-bond donors (Lipinski definition) is 1. The van der Waals surface area contributed by atoms with Gasteiger partial charge in [-0.25, -0.2) is 9.97 Å². The molecule has 0 spiro atoms. The summed E-state index contributed by atoms with van der Waals surface area (Å²) < 4.78 is 0. The predicted molar refractivity (Wildman–Crippen MR) is 66.1 cm³/mol. The second-order valence-electron chi connectivity index (χ2n) is 4.07. The van der Waals surface area contributed by atoms with Gasteiger partial charge >= 0.3 is 0 Å². The molecule has 1 aromatic rings. The quantitative estimate of drug-likeness (QED) is 0.878. The molecule has 1 unspecified atom stereocenters. The minimum atomic E-state index is -0.319. The number of aryl methyl sites for hydroxylation is 2. The number of aliphatic hydroxyl groups is 1. The van der Waals surface area contributed by atoms with E-state index in [0.29, 0.717) is 23.9 Å². The fourth-order valence-electron chi connectivity index (χ4n) is 1.29. The molecule has 1 N–H and O–H groups in total. The zero-order valence-electron chi connectivity index (χ0n) is 10.2. The molecule has 0 fully saturated rings. The Morgan fingerprint density at radius 3 is 2.44 bits per heavy atom. The summed E-state index contributed by atoms with van der Waals surface area (Å²) in [5.41, 5.74) is 1.72. The molecule has 0 aliphatic carbocycles. The van der Waals surface area contributed by atoms with Crippen molar-refractivity contribution in [1.82, 2.24) is 9.97 Å². The van der Waals surface area contributed by atoms with Gasteiger partial charge in [-0.05, 0) is 27.2 Å². The van der Waals surface area contributed by atoms with Crippen LogP contribution in [0.15, 0.2) is 0 Å². The van der Waals surface area contributed by atoms with E-state index in [9.17, 15) is 5.11 Å². The summed E-state index contributed by atoms with van der Waals surface area (Å²) in [7, 11) is 1.90. The Balaban J connectivity index is 2.82. The summed E-state index contributed by atoms with van der Waals surface area (Å²) in [5.74, 6) is 0.672. The highest BCUT2D eigenvalue weighted by molar-refractivity contribution is 6.31. The van der Waals surface area contributed by atoms with Crippen LogP contribution in [0.5, 0.6) is 0 Å². The minimum absolute atomic E-state index is 0.319. The fourth-order valence-corrected chi connectivity index (χ4v) is 1.61. The summed E-state index contributed by atoms with van der Waals surface area (Å²) in [6.07, 6.45) is 0.363. The van der Waals surface area contributed by atoms with Gasteiger partial charge in [-0.15, -0.1) is 0 Å². The van der Waals surface area contributed by atoms with Crippen LogP contribution in [-0.4, -0.2) is 34.8 Å². The molecular weight excluding hydrogens is 226 g/mol. The Morgan fingerprint density at radius 2 is 1.88 bits per heavy atom. The minimum Gasteiger partial charge on any atom is -0.393 e. The summed E-state index contributed by atoms with van der Waals surface area (Å²) in [4.78, 5) is 10.5. The first-order valence-electron chi connectivity index (χ1n) is 5.31. The van der Waals surface area contributed by atoms with Crippen molar-refractivity contribution in [2.75, 3.05) is 18.5 Å². The van der Waals surface area contributed by atoms with Crippen LogP contribution in [0.25, 0.3) is 0 Å². The van der Waals surface area contributed by atoms with Gasteiger partial charge in [0.2, 0.25) is 0 Å². The smallest absolute Gasteiger partial charge is 0.171 e. The van der Waals surface area contributed by atoms with E-state index in [1.807, 2.05) is 25.8 Å². The highest BCUT2D eigenvalue weighted by Gasteiger charge is 2.11. The Morgan fingerprint density at radius 1 is 1.31 bits per heavy atom. The van der Waals surface area contributed by atoms with Gasteiger partial charge in [-0.3, -0.25) is 0 Å². The predicted octanol–water partition coefficient (Wildman–Crippen LogP) is 1.95. The number of aromatic nitrogens is 2. The van der Waals surface area contributed by atoms with E-state index in [2.05, 4.69) is 9.97 Å². The van der Waals surface area contributed by atoms with Crippen LogP contribution in [0, 0.1) is 13.8 Å². The third kappa shape index (κ3) is 3.32. The van der Waals surface area contributed by atoms with Crippen LogP contribution in [0.2, 0.25) is 5.15 Å². The Kier molecular flexibility index (Phi) is 4.50. The van der Waals surface area contributed by atoms with E-state index in [0.717, 1.165) is 11.4 Å². The standard InChI is InChI=1S/C11H18ClN3O/c1-7(16)5-6-15(4)11-10(12)13-8(2)9(3)14-11/h7,16H,5-6H2,1-4H3. The zero-order chi connectivity index (χ0) is 12.3. The maximum Gasteiger partial charge on any atom is 0.171 e. The number of aliphatic hydroxyl groups excluding tert-OH is 1. The molecule has 1 atom stereocenters. The van der Waals surface area contributed by atoms with E-state index < -0.39 is 0 Å². The second kappa shape index (κ2) is 5.46. The lowest BCUT2D eigenvalue weighted by Gasteiger charge is -2.20. The molecule has 1 rings (SSSR count). The van der Waals surface area contributed by atoms with Gasteiger partial charge < -0.3 is 10.0 Å². The first-order valence-corrected chi connectivity index (χ1v) is 5.69. The maximum atomic E-state index is 9.22. The number of anilines is 1. The third-order valence-electron chi connectivity index (χ3n) is 2.49. The molecule has 0 saturated heterocycles. The topological polar surface area (TPSA) is 49.2 Å². The lowest BCUT2D eigenvalue weighted by Crippen LogP contribution is -2.23. The number of hydrogen-bond acceptors (Lipinski definition) is 4. The lowest BCUT2D eigenvalue weighted by molar-refractivity contribution is 0.187. The van der Waals surface area contributed by atoms with Crippen LogP contribution < -0.4 is 4.90 Å². The Bertz CT molecular complexity index is 368. The molecular formula is C11H18ClN3O. The van der Waals surface area contributed by atoms with Gasteiger partial charge in [-0.1, -0.05) is 11.6 Å². The van der Waals surface area contributed by atoms with Crippen LogP contribution in [-0.2, 0) is 0 Å². The van der Waals surface area contributed by atoms with E-state index in [1.165, 1.54) is 0 Å². The Labute approximate surface area is 101 Å². The van der Waals surface area contributed by atoms with Gasteiger partial charge in [0, 0.05) is 13.6 Å². The molecule has 0 aliphatic heterocycles. The van der Waals surface area contributed by atoms with E-state index in [-0.39, 0.29) is 6.10 Å². The SMILES string of the molecule is Cc1nc(Cl)c(N(C)CCC(C)O)nc1C. The summed E-state index contributed by atoms with van der Waals surface area (Å²) >= 11 is 6.03. The highest BCUT2D eigenvalue weighted by Crippen LogP contribution is 2.21. The number of rotatable bonds is 4. The molecule has 1 aromatic heterocycles. The highest BCUT2D eigenvalue weighted by atomic mass is 35.5. The van der Waals surface area contributed by atoms with E-state index >= 15 is 0 Å². The van der Waals surface area contributed by atoms with Gasteiger partial charge in [0.1, 0.15) is 0 Å². The van der Waals surface area contributed by atoms with Crippen LogP contribution in [0.3, 0.4) is 0 Å². The lowest BCUT2D eigenvalue weighted by atomic mass is 10.3. The molecule has 4 nitrogen and oxygen atoms in total. The molecule has 0 radical (unpaired) electrons. The number of nitrogens with zero attached hydrogens (tertiary/aromatic N) is 3. The van der Waals surface area contributed by atoms with E-state index in [4.69, 9.17) is 11.6 Å². The Hall–Kier alpha value is -0.870. The van der Waals surface area contributed by atoms with Crippen molar-refractivity contribution in [2.24, 2.45) is 0 Å². The molecule has 0 saturated carbocycles. The zero-order valence-corrected chi connectivity index (χ0v) is 10.9. The molecule has 16 heavy (non-hydrogen) atoms. The summed E-state index contributed by atoms with van der Waals surface area (Å²) in [6, 6.07) is 0. The summed E-state index contributed by atoms with van der Waals surface area (Å²) in [5, 5.41) is 9.63. The average Bonchev–Trinajstić information content (AvgIpc) is 2.20. The first kappa shape index (κ1) is 13.2. The van der Waals surface area contributed by atoms with Gasteiger partial charge in [-0.2, -0.15) is 0 Å². The number of halogens is 1. The van der Waals surface area contributed by atoms with Crippen molar-refractivity contribution in [2.45, 2.75) is 33.3 Å². The van der Waals surface area contributed by atoms with Crippen molar-refractivity contribution in [3.05, 3.63) is 16.5 Å². The first-order chi connectivity index (χ1) is 7.41. The van der Waals surface area contributed by atoms with Gasteiger partial charge in [0.25, 0.3) is 0 Å². The van der Waals surface area contributed by atoms with Crippen LogP contribution in [0.1, 0.15) is 24.7 Å². The molecule has 0 aromatic carbocycles. The molecule has 5 heteroatoms. The van der Waals surface area contributed by atoms with Gasteiger partial charge in [0.05, 0.1) is 17.5 Å². The maximum absolute atomic E-state index is 9.22. The van der Waals surface area contributed by atoms with E-state index in [1.54, 1.807) is 6.92 Å². The normalized spacial score (nSPS) is 12.6. The average molecular weight is 244 g/mol. The van der Waals surface area contributed by atoms with Crippen molar-refractivity contribution < 1.29 is 5.11 Å². The van der Waals surface area contributed by atoms with Crippen LogP contribution >= 0.6 is 11.6 Å². The second-order valence-corrected chi connectivity index (χ2v) is 4.43. The molecule has 0 amide bonds. The van der Waals surface area contributed by atoms with Crippen molar-refractivity contribution >= 4 is 17.4 Å². The molecule has 90 valence electrons. The fraction of sp³-hybridized carbons (Fsp3) is 0.636. The molecule has 0 bridgehead atoms. The molecule has 1 heterocycles. The monoisotopic (exact) mass is 243 g/mol. The third-order valence-corrected chi connectivity index (χ3v) is 2.74. The van der Waals surface area contributed by atoms with Crippen molar-refractivity contribution in [3.8, 4) is 0 Å². The van der Waals surface area contributed by atoms with Gasteiger partial charge in [0.15, 0.2) is 11.0 Å².